The number of esters is 1. The summed E-state index contributed by atoms with van der Waals surface area (Å²) in [5.74, 6) is -1.38. The minimum Gasteiger partial charge on any atom is -0.452 e. The zero-order valence-electron chi connectivity index (χ0n) is 14.2. The summed E-state index contributed by atoms with van der Waals surface area (Å²) in [6.45, 7) is 1.75. The molecule has 26 heavy (non-hydrogen) atoms. The van der Waals surface area contributed by atoms with E-state index in [0.717, 1.165) is 5.39 Å². The topological polar surface area (TPSA) is 59.5 Å². The average molecular weight is 352 g/mol. The van der Waals surface area contributed by atoms with Crippen molar-refractivity contribution >= 4 is 28.5 Å². The van der Waals surface area contributed by atoms with Crippen LogP contribution in [0, 0.1) is 5.82 Å². The van der Waals surface area contributed by atoms with Crippen molar-refractivity contribution in [2.24, 2.45) is 0 Å². The van der Waals surface area contributed by atoms with Crippen molar-refractivity contribution in [2.45, 2.75) is 6.92 Å². The van der Waals surface area contributed by atoms with E-state index in [2.05, 4.69) is 4.98 Å². The smallest absolute Gasteiger partial charge is 0.340 e. The number of carbonyl (C=O) groups is 2. The Bertz CT molecular complexity index is 936. The summed E-state index contributed by atoms with van der Waals surface area (Å²) in [7, 11) is 0. The maximum Gasteiger partial charge on any atom is 0.340 e. The molecule has 0 saturated heterocycles. The van der Waals surface area contributed by atoms with E-state index in [4.69, 9.17) is 4.74 Å². The lowest BCUT2D eigenvalue weighted by atomic mass is 10.1. The number of benzene rings is 2. The second kappa shape index (κ2) is 7.74. The number of likely N-dealkylation sites (N-methyl/N-ethyl adjacent to an activating group) is 1. The molecule has 0 aliphatic carbocycles. The summed E-state index contributed by atoms with van der Waals surface area (Å²) in [5.41, 5.74) is 1.38. The fourth-order valence-corrected chi connectivity index (χ4v) is 2.68. The lowest BCUT2D eigenvalue weighted by molar-refractivity contribution is -0.121. The van der Waals surface area contributed by atoms with Gasteiger partial charge < -0.3 is 9.64 Å². The van der Waals surface area contributed by atoms with Crippen LogP contribution < -0.4 is 4.90 Å². The highest BCUT2D eigenvalue weighted by atomic mass is 19.1. The Labute approximate surface area is 150 Å². The number of carbonyl (C=O) groups excluding carboxylic acids is 2. The first kappa shape index (κ1) is 17.5. The van der Waals surface area contributed by atoms with Crippen LogP contribution in [0.2, 0.25) is 0 Å². The number of rotatable bonds is 5. The molecule has 1 aromatic heterocycles. The predicted molar refractivity (Wildman–Crippen MR) is 96.5 cm³/mol. The van der Waals surface area contributed by atoms with Gasteiger partial charge in [0.2, 0.25) is 0 Å². The molecule has 1 amide bonds. The van der Waals surface area contributed by atoms with E-state index >= 15 is 0 Å². The fraction of sp³-hybridized carbons (Fsp3) is 0.150. The van der Waals surface area contributed by atoms with Crippen molar-refractivity contribution in [3.63, 3.8) is 0 Å². The van der Waals surface area contributed by atoms with Crippen LogP contribution in [-0.2, 0) is 9.53 Å². The number of halogens is 1. The molecule has 0 unspecified atom stereocenters. The van der Waals surface area contributed by atoms with Crippen LogP contribution in [0.1, 0.15) is 17.3 Å². The van der Waals surface area contributed by atoms with Crippen molar-refractivity contribution in [3.8, 4) is 0 Å². The van der Waals surface area contributed by atoms with Gasteiger partial charge in [-0.2, -0.15) is 0 Å². The molecule has 0 aliphatic rings. The lowest BCUT2D eigenvalue weighted by Gasteiger charge is -2.20. The normalized spacial score (nSPS) is 10.5. The summed E-state index contributed by atoms with van der Waals surface area (Å²) in [4.78, 5) is 30.4. The molecule has 5 nitrogen and oxygen atoms in total. The third-order valence-electron chi connectivity index (χ3n) is 3.93. The molecule has 0 fully saturated rings. The number of nitrogens with zero attached hydrogens (tertiary/aromatic N) is 2. The summed E-state index contributed by atoms with van der Waals surface area (Å²) in [5, 5.41) is 0.815. The SMILES string of the molecule is CCN(C(=O)COC(=O)c1cccc2cccnc12)c1ccc(F)cc1. The summed E-state index contributed by atoms with van der Waals surface area (Å²) < 4.78 is 18.2. The third kappa shape index (κ3) is 3.69. The van der Waals surface area contributed by atoms with Gasteiger partial charge >= 0.3 is 5.97 Å². The Kier molecular flexibility index (Phi) is 5.22. The van der Waals surface area contributed by atoms with Crippen molar-refractivity contribution in [3.05, 3.63) is 72.2 Å². The summed E-state index contributed by atoms with van der Waals surface area (Å²) >= 11 is 0. The highest BCUT2D eigenvalue weighted by Crippen LogP contribution is 2.18. The van der Waals surface area contributed by atoms with Crippen molar-refractivity contribution in [1.29, 1.82) is 0 Å². The zero-order valence-corrected chi connectivity index (χ0v) is 14.2. The Hall–Kier alpha value is -3.28. The molecule has 0 bridgehead atoms. The quantitative estimate of drug-likeness (QED) is 0.659. The molecule has 0 saturated carbocycles. The molecule has 0 aliphatic heterocycles. The van der Waals surface area contributed by atoms with E-state index in [0.29, 0.717) is 23.3 Å². The maximum absolute atomic E-state index is 13.0. The molecule has 2 aromatic carbocycles. The third-order valence-corrected chi connectivity index (χ3v) is 3.93. The Morgan fingerprint density at radius 1 is 1.08 bits per heavy atom. The van der Waals surface area contributed by atoms with Crippen LogP contribution in [0.5, 0.6) is 0 Å². The number of amides is 1. The van der Waals surface area contributed by atoms with Gasteiger partial charge in [-0.1, -0.05) is 18.2 Å². The lowest BCUT2D eigenvalue weighted by Crippen LogP contribution is -2.34. The van der Waals surface area contributed by atoms with Gasteiger partial charge in [-0.05, 0) is 43.3 Å². The minimum atomic E-state index is -0.613. The highest BCUT2D eigenvalue weighted by molar-refractivity contribution is 6.04. The molecule has 0 N–H and O–H groups in total. The second-order valence-corrected chi connectivity index (χ2v) is 5.57. The minimum absolute atomic E-state index is 0.306. The van der Waals surface area contributed by atoms with E-state index in [1.807, 2.05) is 12.1 Å². The van der Waals surface area contributed by atoms with Gasteiger partial charge in [0.25, 0.3) is 5.91 Å². The Balaban J connectivity index is 1.71. The van der Waals surface area contributed by atoms with E-state index in [1.54, 1.807) is 31.3 Å². The second-order valence-electron chi connectivity index (χ2n) is 5.57. The first-order chi connectivity index (χ1) is 12.6. The van der Waals surface area contributed by atoms with Crippen LogP contribution in [-0.4, -0.2) is 30.0 Å². The Morgan fingerprint density at radius 3 is 2.54 bits per heavy atom. The van der Waals surface area contributed by atoms with Crippen LogP contribution in [0.15, 0.2) is 60.8 Å². The van der Waals surface area contributed by atoms with Crippen LogP contribution in [0.3, 0.4) is 0 Å². The molecular formula is C20H17FN2O3. The number of pyridine rings is 1. The average Bonchev–Trinajstić information content (AvgIpc) is 2.67. The first-order valence-corrected chi connectivity index (χ1v) is 8.17. The van der Waals surface area contributed by atoms with E-state index in [-0.39, 0.29) is 11.7 Å². The van der Waals surface area contributed by atoms with Gasteiger partial charge in [0, 0.05) is 23.8 Å². The molecule has 0 atom stereocenters. The maximum atomic E-state index is 13.0. The molecule has 0 radical (unpaired) electrons. The van der Waals surface area contributed by atoms with Crippen molar-refractivity contribution < 1.29 is 18.7 Å². The van der Waals surface area contributed by atoms with Gasteiger partial charge in [-0.15, -0.1) is 0 Å². The van der Waals surface area contributed by atoms with Crippen LogP contribution in [0.25, 0.3) is 10.9 Å². The van der Waals surface area contributed by atoms with E-state index < -0.39 is 12.6 Å². The van der Waals surface area contributed by atoms with Crippen molar-refractivity contribution in [2.75, 3.05) is 18.1 Å². The number of hydrogen-bond donors (Lipinski definition) is 0. The van der Waals surface area contributed by atoms with Gasteiger partial charge in [0.15, 0.2) is 6.61 Å². The number of fused-ring (bicyclic) bond motifs is 1. The molecule has 3 aromatic rings. The number of ether oxygens (including phenoxy) is 1. The highest BCUT2D eigenvalue weighted by Gasteiger charge is 2.18. The standard InChI is InChI=1S/C20H17FN2O3/c1-2-23(16-10-8-15(21)9-11-16)18(24)13-26-20(25)17-7-3-5-14-6-4-12-22-19(14)17/h3-12H,2,13H2,1H3. The number of hydrogen-bond acceptors (Lipinski definition) is 4. The molecule has 1 heterocycles. The molecule has 0 spiro atoms. The number of anilines is 1. The van der Waals surface area contributed by atoms with E-state index in [9.17, 15) is 14.0 Å². The first-order valence-electron chi connectivity index (χ1n) is 8.17. The van der Waals surface area contributed by atoms with Crippen molar-refractivity contribution in [1.82, 2.24) is 4.98 Å². The van der Waals surface area contributed by atoms with Crippen LogP contribution in [0.4, 0.5) is 10.1 Å². The molecule has 3 rings (SSSR count). The number of para-hydroxylation sites is 1. The molecule has 132 valence electrons. The van der Waals surface area contributed by atoms with Gasteiger partial charge in [-0.3, -0.25) is 9.78 Å². The van der Waals surface area contributed by atoms with Gasteiger partial charge in [0.05, 0.1) is 11.1 Å². The van der Waals surface area contributed by atoms with Gasteiger partial charge in [-0.25, -0.2) is 9.18 Å². The fourth-order valence-electron chi connectivity index (χ4n) is 2.68. The predicted octanol–water partition coefficient (Wildman–Crippen LogP) is 3.58. The van der Waals surface area contributed by atoms with E-state index in [1.165, 1.54) is 29.2 Å². The molecule has 6 heteroatoms. The van der Waals surface area contributed by atoms with Crippen LogP contribution >= 0.6 is 0 Å². The summed E-state index contributed by atoms with van der Waals surface area (Å²) in [6.07, 6.45) is 1.59. The zero-order chi connectivity index (χ0) is 18.5. The summed E-state index contributed by atoms with van der Waals surface area (Å²) in [6, 6.07) is 14.4. The Morgan fingerprint density at radius 2 is 1.81 bits per heavy atom. The molecular weight excluding hydrogens is 335 g/mol. The monoisotopic (exact) mass is 352 g/mol. The van der Waals surface area contributed by atoms with Gasteiger partial charge in [0.1, 0.15) is 5.82 Å². The number of aromatic nitrogens is 1. The largest absolute Gasteiger partial charge is 0.452 e.